The minimum absolute atomic E-state index is 0.00756. The van der Waals surface area contributed by atoms with Gasteiger partial charge in [0.1, 0.15) is 5.01 Å². The second kappa shape index (κ2) is 11.4. The number of amides is 1. The van der Waals surface area contributed by atoms with E-state index in [1.165, 1.54) is 5.56 Å². The number of carbonyl (C=O) groups excluding carboxylic acids is 1. The molecular weight excluding hydrogens is 388 g/mol. The summed E-state index contributed by atoms with van der Waals surface area (Å²) < 4.78 is 5.12. The Bertz CT molecular complexity index is 758. The van der Waals surface area contributed by atoms with Gasteiger partial charge >= 0.3 is 0 Å². The molecule has 1 aliphatic rings. The van der Waals surface area contributed by atoms with E-state index in [1.54, 1.807) is 11.3 Å². The van der Waals surface area contributed by atoms with Crippen molar-refractivity contribution < 1.29 is 14.6 Å². The summed E-state index contributed by atoms with van der Waals surface area (Å²) in [5.41, 5.74) is 3.18. The third-order valence-electron chi connectivity index (χ3n) is 4.90. The summed E-state index contributed by atoms with van der Waals surface area (Å²) in [6, 6.07) is 8.58. The Kier molecular flexibility index (Phi) is 8.57. The van der Waals surface area contributed by atoms with Crippen LogP contribution in [0.15, 0.2) is 29.6 Å². The van der Waals surface area contributed by atoms with Gasteiger partial charge < -0.3 is 20.1 Å². The fourth-order valence-electron chi connectivity index (χ4n) is 3.19. The van der Waals surface area contributed by atoms with Crippen LogP contribution in [0.2, 0.25) is 0 Å². The molecule has 158 valence electrons. The molecule has 0 bridgehead atoms. The quantitative estimate of drug-likeness (QED) is 0.565. The van der Waals surface area contributed by atoms with Gasteiger partial charge in [-0.2, -0.15) is 0 Å². The van der Waals surface area contributed by atoms with Gasteiger partial charge in [-0.05, 0) is 12.6 Å². The summed E-state index contributed by atoms with van der Waals surface area (Å²) in [4.78, 5) is 21.5. The van der Waals surface area contributed by atoms with Gasteiger partial charge in [0, 0.05) is 50.2 Å². The van der Waals surface area contributed by atoms with Crippen LogP contribution in [-0.2, 0) is 22.5 Å². The highest BCUT2D eigenvalue weighted by Crippen LogP contribution is 2.24. The van der Waals surface area contributed by atoms with Crippen molar-refractivity contribution in [2.75, 3.05) is 59.6 Å². The maximum Gasteiger partial charge on any atom is 0.226 e. The molecule has 1 saturated heterocycles. The highest BCUT2D eigenvalue weighted by molar-refractivity contribution is 7.13. The van der Waals surface area contributed by atoms with Crippen molar-refractivity contribution in [2.45, 2.75) is 13.0 Å². The Morgan fingerprint density at radius 2 is 1.97 bits per heavy atom. The number of benzene rings is 1. The third-order valence-corrected chi connectivity index (χ3v) is 5.84. The third kappa shape index (κ3) is 7.17. The number of piperazine rings is 1. The smallest absolute Gasteiger partial charge is 0.226 e. The number of ether oxygens (including phenoxy) is 1. The zero-order valence-electron chi connectivity index (χ0n) is 17.0. The van der Waals surface area contributed by atoms with Gasteiger partial charge in [0.15, 0.2) is 0 Å². The van der Waals surface area contributed by atoms with Crippen LogP contribution >= 0.6 is 11.3 Å². The summed E-state index contributed by atoms with van der Waals surface area (Å²) in [7, 11) is 2.17. The van der Waals surface area contributed by atoms with Gasteiger partial charge in [-0.15, -0.1) is 11.3 Å². The normalized spacial score (nSPS) is 15.5. The van der Waals surface area contributed by atoms with Gasteiger partial charge in [0.2, 0.25) is 5.91 Å². The first-order valence-corrected chi connectivity index (χ1v) is 10.9. The lowest BCUT2D eigenvalue weighted by Gasteiger charge is -2.32. The molecule has 1 aliphatic heterocycles. The molecule has 1 fully saturated rings. The van der Waals surface area contributed by atoms with Gasteiger partial charge in [0.25, 0.3) is 0 Å². The molecule has 2 heterocycles. The lowest BCUT2D eigenvalue weighted by Crippen LogP contribution is -2.43. The van der Waals surface area contributed by atoms with Gasteiger partial charge in [0.05, 0.1) is 31.9 Å². The largest absolute Gasteiger partial charge is 0.394 e. The van der Waals surface area contributed by atoms with Crippen LogP contribution in [0.5, 0.6) is 0 Å². The number of hydrogen-bond acceptors (Lipinski definition) is 7. The van der Waals surface area contributed by atoms with E-state index in [4.69, 9.17) is 9.84 Å². The van der Waals surface area contributed by atoms with Crippen molar-refractivity contribution in [1.29, 1.82) is 0 Å². The lowest BCUT2D eigenvalue weighted by molar-refractivity contribution is -0.120. The number of thiazole rings is 1. The van der Waals surface area contributed by atoms with Gasteiger partial charge in [-0.3, -0.25) is 9.69 Å². The van der Waals surface area contributed by atoms with Crippen molar-refractivity contribution >= 4 is 17.2 Å². The Morgan fingerprint density at radius 1 is 1.21 bits per heavy atom. The molecular formula is C21H30N4O3S. The fourth-order valence-corrected chi connectivity index (χ4v) is 4.02. The van der Waals surface area contributed by atoms with Crippen LogP contribution < -0.4 is 5.32 Å². The Hall–Kier alpha value is -1.84. The molecule has 7 nitrogen and oxygen atoms in total. The van der Waals surface area contributed by atoms with E-state index in [1.807, 2.05) is 5.38 Å². The van der Waals surface area contributed by atoms with Crippen LogP contribution in [0.25, 0.3) is 10.6 Å². The summed E-state index contributed by atoms with van der Waals surface area (Å²) in [6.07, 6.45) is 0.262. The van der Waals surface area contributed by atoms with E-state index in [-0.39, 0.29) is 18.9 Å². The molecule has 2 N–H and O–H groups in total. The Labute approximate surface area is 176 Å². The number of aliphatic hydroxyl groups is 1. The van der Waals surface area contributed by atoms with Crippen LogP contribution in [0.3, 0.4) is 0 Å². The Morgan fingerprint density at radius 3 is 2.69 bits per heavy atom. The first kappa shape index (κ1) is 21.9. The average molecular weight is 419 g/mol. The first-order chi connectivity index (χ1) is 14.1. The van der Waals surface area contributed by atoms with Crippen molar-refractivity contribution in [3.05, 3.63) is 40.9 Å². The van der Waals surface area contributed by atoms with Crippen molar-refractivity contribution in [2.24, 2.45) is 0 Å². The summed E-state index contributed by atoms with van der Waals surface area (Å²) >= 11 is 1.56. The van der Waals surface area contributed by atoms with E-state index < -0.39 is 0 Å². The summed E-state index contributed by atoms with van der Waals surface area (Å²) in [5, 5.41) is 14.3. The van der Waals surface area contributed by atoms with Crippen LogP contribution in [0.4, 0.5) is 0 Å². The summed E-state index contributed by atoms with van der Waals surface area (Å²) in [5.74, 6) is -0.0722. The van der Waals surface area contributed by atoms with Crippen LogP contribution in [0.1, 0.15) is 11.3 Å². The molecule has 0 radical (unpaired) electrons. The molecule has 0 aliphatic carbocycles. The molecule has 1 amide bonds. The van der Waals surface area contributed by atoms with E-state index in [0.29, 0.717) is 19.8 Å². The SMILES string of the molecule is CN1CCN(Cc2ccc(-c3nc(CC(=O)NCCOCCO)cs3)cc2)CC1. The van der Waals surface area contributed by atoms with Crippen molar-refractivity contribution in [3.63, 3.8) is 0 Å². The molecule has 3 rings (SSSR count). The highest BCUT2D eigenvalue weighted by atomic mass is 32.1. The number of nitrogens with one attached hydrogen (secondary N) is 1. The number of carbonyl (C=O) groups is 1. The minimum atomic E-state index is -0.0722. The molecule has 0 atom stereocenters. The zero-order chi connectivity index (χ0) is 20.5. The molecule has 2 aromatic rings. The minimum Gasteiger partial charge on any atom is -0.394 e. The average Bonchev–Trinajstić information content (AvgIpc) is 3.18. The van der Waals surface area contributed by atoms with E-state index in [0.717, 1.165) is 49.0 Å². The fraction of sp³-hybridized carbons (Fsp3) is 0.524. The maximum absolute atomic E-state index is 12.0. The van der Waals surface area contributed by atoms with Gasteiger partial charge in [-0.1, -0.05) is 24.3 Å². The summed E-state index contributed by atoms with van der Waals surface area (Å²) in [6.45, 7) is 6.59. The topological polar surface area (TPSA) is 77.9 Å². The molecule has 29 heavy (non-hydrogen) atoms. The standard InChI is InChI=1S/C21H30N4O3S/c1-24-7-9-25(10-8-24)15-17-2-4-18(5-3-17)21-23-19(16-29-21)14-20(27)22-6-12-28-13-11-26/h2-5,16,26H,6-15H2,1H3,(H,22,27). The Balaban J connectivity index is 1.46. The predicted molar refractivity (Wildman–Crippen MR) is 115 cm³/mol. The van der Waals surface area contributed by atoms with Crippen LogP contribution in [-0.4, -0.2) is 85.4 Å². The molecule has 0 unspecified atom stereocenters. The van der Waals surface area contributed by atoms with E-state index in [9.17, 15) is 4.79 Å². The number of likely N-dealkylation sites (N-methyl/N-ethyl adjacent to an activating group) is 1. The van der Waals surface area contributed by atoms with Gasteiger partial charge in [-0.25, -0.2) is 4.98 Å². The maximum atomic E-state index is 12.0. The molecule has 0 spiro atoms. The predicted octanol–water partition coefficient (Wildman–Crippen LogP) is 1.23. The molecule has 8 heteroatoms. The zero-order valence-corrected chi connectivity index (χ0v) is 17.8. The first-order valence-electron chi connectivity index (χ1n) is 10.0. The molecule has 1 aromatic heterocycles. The number of nitrogens with zero attached hydrogens (tertiary/aromatic N) is 3. The number of aliphatic hydroxyl groups excluding tert-OH is 1. The van der Waals surface area contributed by atoms with E-state index >= 15 is 0 Å². The lowest BCUT2D eigenvalue weighted by atomic mass is 10.1. The van der Waals surface area contributed by atoms with Crippen molar-refractivity contribution in [3.8, 4) is 10.6 Å². The second-order valence-electron chi connectivity index (χ2n) is 7.28. The molecule has 1 aromatic carbocycles. The second-order valence-corrected chi connectivity index (χ2v) is 8.14. The highest BCUT2D eigenvalue weighted by Gasteiger charge is 2.14. The number of rotatable bonds is 10. The monoisotopic (exact) mass is 418 g/mol. The van der Waals surface area contributed by atoms with Crippen LogP contribution in [0, 0.1) is 0 Å². The van der Waals surface area contributed by atoms with E-state index in [2.05, 4.69) is 51.4 Å². The number of hydrogen-bond donors (Lipinski definition) is 2. The number of aromatic nitrogens is 1. The molecule has 0 saturated carbocycles. The van der Waals surface area contributed by atoms with Crippen molar-refractivity contribution in [1.82, 2.24) is 20.1 Å².